The first-order valence-electron chi connectivity index (χ1n) is 12.9. The van der Waals surface area contributed by atoms with Crippen LogP contribution in [0.2, 0.25) is 0 Å². The maximum atomic E-state index is 10.9. The van der Waals surface area contributed by atoms with Gasteiger partial charge in [-0.1, -0.05) is 0 Å². The van der Waals surface area contributed by atoms with Crippen LogP contribution in [0.4, 0.5) is 5.69 Å². The highest BCUT2D eigenvalue weighted by Crippen LogP contribution is 2.12. The van der Waals surface area contributed by atoms with Crippen LogP contribution < -0.4 is 10.5 Å². The normalized spacial score (nSPS) is 11.1. The fourth-order valence-electron chi connectivity index (χ4n) is 2.68. The third-order valence-electron chi connectivity index (χ3n) is 4.66. The van der Waals surface area contributed by atoms with Crippen molar-refractivity contribution in [3.63, 3.8) is 0 Å². The molecule has 0 saturated carbocycles. The van der Waals surface area contributed by atoms with Crippen LogP contribution in [0.5, 0.6) is 5.75 Å². The van der Waals surface area contributed by atoms with Crippen LogP contribution in [0.15, 0.2) is 24.3 Å². The Kier molecular flexibility index (Phi) is 23.8. The molecule has 1 aromatic rings. The van der Waals surface area contributed by atoms with Crippen LogP contribution in [0.1, 0.15) is 6.42 Å². The number of nitrogen functional groups attached to an aromatic ring is 1. The van der Waals surface area contributed by atoms with E-state index in [0.717, 1.165) is 5.75 Å². The second-order valence-electron chi connectivity index (χ2n) is 7.64. The molecule has 0 atom stereocenters. The summed E-state index contributed by atoms with van der Waals surface area (Å²) in [6.45, 7) is 8.13. The Morgan fingerprint density at radius 2 is 0.842 bits per heavy atom. The summed E-state index contributed by atoms with van der Waals surface area (Å²) in [5.41, 5.74) is 6.34. The van der Waals surface area contributed by atoms with Gasteiger partial charge >= 0.3 is 5.97 Å². The van der Waals surface area contributed by atoms with E-state index < -0.39 is 0 Å². The number of nitrogens with two attached hydrogens (primary N) is 1. The number of esters is 1. The molecule has 12 nitrogen and oxygen atoms in total. The third kappa shape index (κ3) is 23.1. The molecule has 220 valence electrons. The fourth-order valence-corrected chi connectivity index (χ4v) is 2.68. The van der Waals surface area contributed by atoms with E-state index in [1.807, 2.05) is 12.1 Å². The highest BCUT2D eigenvalue weighted by Gasteiger charge is 1.99. The van der Waals surface area contributed by atoms with Crippen molar-refractivity contribution in [1.82, 2.24) is 0 Å². The van der Waals surface area contributed by atoms with E-state index in [-0.39, 0.29) is 12.4 Å². The predicted molar refractivity (Wildman–Crippen MR) is 140 cm³/mol. The average Bonchev–Trinajstić information content (AvgIpc) is 2.93. The van der Waals surface area contributed by atoms with Gasteiger partial charge in [-0.3, -0.25) is 4.79 Å². The summed E-state index contributed by atoms with van der Waals surface area (Å²) in [6.07, 6.45) is 0.246. The lowest BCUT2D eigenvalue weighted by atomic mass is 10.3. The summed E-state index contributed by atoms with van der Waals surface area (Å²) in [5, 5.41) is 0. The highest BCUT2D eigenvalue weighted by molar-refractivity contribution is 5.69. The van der Waals surface area contributed by atoms with E-state index in [2.05, 4.69) is 4.74 Å². The zero-order valence-corrected chi connectivity index (χ0v) is 22.6. The minimum Gasteiger partial charge on any atom is -0.491 e. The number of carbonyl (C=O) groups excluding carboxylic acids is 1. The van der Waals surface area contributed by atoms with Crippen molar-refractivity contribution in [1.29, 1.82) is 0 Å². The molecule has 0 aliphatic carbocycles. The molecule has 1 aromatic carbocycles. The number of hydrogen-bond acceptors (Lipinski definition) is 12. The molecule has 0 bridgehead atoms. The van der Waals surface area contributed by atoms with E-state index in [4.69, 9.17) is 48.4 Å². The minimum absolute atomic E-state index is 0.246. The summed E-state index contributed by atoms with van der Waals surface area (Å²) >= 11 is 0. The second kappa shape index (κ2) is 26.6. The lowest BCUT2D eigenvalue weighted by Gasteiger charge is -2.09. The van der Waals surface area contributed by atoms with Gasteiger partial charge in [-0.25, -0.2) is 0 Å². The van der Waals surface area contributed by atoms with Gasteiger partial charge in [0.2, 0.25) is 0 Å². The molecule has 0 unspecified atom stereocenters. The van der Waals surface area contributed by atoms with Crippen molar-refractivity contribution in [2.75, 3.05) is 125 Å². The largest absolute Gasteiger partial charge is 0.491 e. The smallest absolute Gasteiger partial charge is 0.307 e. The van der Waals surface area contributed by atoms with Crippen LogP contribution in [0.3, 0.4) is 0 Å². The van der Waals surface area contributed by atoms with Crippen LogP contribution >= 0.6 is 0 Å². The average molecular weight is 548 g/mol. The fraction of sp³-hybridized carbons (Fsp3) is 0.731. The number of carbonyl (C=O) groups is 1. The highest BCUT2D eigenvalue weighted by atomic mass is 16.6. The summed E-state index contributed by atoms with van der Waals surface area (Å²) in [4.78, 5) is 10.9. The Bertz CT molecular complexity index is 649. The quantitative estimate of drug-likeness (QED) is 0.0921. The van der Waals surface area contributed by atoms with Gasteiger partial charge in [-0.2, -0.15) is 0 Å². The van der Waals surface area contributed by atoms with Crippen molar-refractivity contribution in [2.45, 2.75) is 6.42 Å². The predicted octanol–water partition coefficient (Wildman–Crippen LogP) is 1.34. The van der Waals surface area contributed by atoms with Crippen LogP contribution in [0, 0.1) is 0 Å². The van der Waals surface area contributed by atoms with Crippen molar-refractivity contribution < 1.29 is 52.2 Å². The molecule has 0 saturated heterocycles. The van der Waals surface area contributed by atoms with Crippen molar-refractivity contribution in [3.8, 4) is 5.75 Å². The second-order valence-corrected chi connectivity index (χ2v) is 7.64. The number of rotatable bonds is 28. The molecule has 38 heavy (non-hydrogen) atoms. The molecule has 12 heteroatoms. The van der Waals surface area contributed by atoms with Gasteiger partial charge in [0, 0.05) is 5.69 Å². The van der Waals surface area contributed by atoms with E-state index in [0.29, 0.717) is 118 Å². The maximum Gasteiger partial charge on any atom is 0.307 e. The van der Waals surface area contributed by atoms with E-state index in [1.54, 1.807) is 12.1 Å². The summed E-state index contributed by atoms with van der Waals surface area (Å²) in [6, 6.07) is 7.25. The lowest BCUT2D eigenvalue weighted by molar-refractivity contribution is -0.141. The standard InChI is InChI=1S/C26H45NO11/c1-29-26(28)6-7-30-8-9-31-10-11-32-12-13-33-14-15-34-16-17-35-18-19-36-20-21-37-22-23-38-25-4-2-24(27)3-5-25/h2-5H,6-23,27H2,1H3. The number of ether oxygens (including phenoxy) is 10. The maximum absolute atomic E-state index is 10.9. The molecule has 2 N–H and O–H groups in total. The number of benzene rings is 1. The molecular formula is C26H45NO11. The van der Waals surface area contributed by atoms with E-state index in [1.165, 1.54) is 7.11 Å². The van der Waals surface area contributed by atoms with E-state index in [9.17, 15) is 4.79 Å². The first-order chi connectivity index (χ1) is 18.7. The molecule has 0 fully saturated rings. The number of hydrogen-bond donors (Lipinski definition) is 1. The number of methoxy groups -OCH3 is 1. The monoisotopic (exact) mass is 547 g/mol. The first-order valence-corrected chi connectivity index (χ1v) is 12.9. The van der Waals surface area contributed by atoms with Gasteiger partial charge in [0.1, 0.15) is 12.4 Å². The molecule has 0 amide bonds. The summed E-state index contributed by atoms with van der Waals surface area (Å²) in [7, 11) is 1.35. The zero-order valence-electron chi connectivity index (χ0n) is 22.6. The van der Waals surface area contributed by atoms with Crippen LogP contribution in [-0.4, -0.2) is 125 Å². The lowest BCUT2D eigenvalue weighted by Crippen LogP contribution is -2.15. The van der Waals surface area contributed by atoms with Gasteiger partial charge < -0.3 is 53.1 Å². The van der Waals surface area contributed by atoms with Gasteiger partial charge in [0.25, 0.3) is 0 Å². The molecule has 0 spiro atoms. The van der Waals surface area contributed by atoms with Crippen molar-refractivity contribution in [3.05, 3.63) is 24.3 Å². The Balaban J connectivity index is 1.65. The molecule has 0 aliphatic heterocycles. The Hall–Kier alpha value is -2.03. The zero-order chi connectivity index (χ0) is 27.4. The summed E-state index contributed by atoms with van der Waals surface area (Å²) in [5.74, 6) is 0.484. The van der Waals surface area contributed by atoms with Crippen molar-refractivity contribution in [2.24, 2.45) is 0 Å². The molecular weight excluding hydrogens is 502 g/mol. The Morgan fingerprint density at radius 1 is 0.526 bits per heavy atom. The van der Waals surface area contributed by atoms with Gasteiger partial charge in [-0.05, 0) is 24.3 Å². The Morgan fingerprint density at radius 3 is 1.18 bits per heavy atom. The SMILES string of the molecule is COC(=O)CCOCCOCCOCCOCCOCCOCCOCCOCCOc1ccc(N)cc1. The van der Waals surface area contributed by atoms with E-state index >= 15 is 0 Å². The summed E-state index contributed by atoms with van der Waals surface area (Å²) < 4.78 is 53.3. The minimum atomic E-state index is -0.285. The number of anilines is 1. The third-order valence-corrected chi connectivity index (χ3v) is 4.66. The van der Waals surface area contributed by atoms with Gasteiger partial charge in [0.15, 0.2) is 0 Å². The molecule has 0 radical (unpaired) electrons. The molecule has 0 aromatic heterocycles. The van der Waals surface area contributed by atoms with Gasteiger partial charge in [0.05, 0.1) is 119 Å². The van der Waals surface area contributed by atoms with Crippen LogP contribution in [-0.2, 0) is 47.4 Å². The molecule has 1 rings (SSSR count). The topological polar surface area (TPSA) is 135 Å². The first kappa shape index (κ1) is 34.0. The molecule has 0 aliphatic rings. The molecule has 0 heterocycles. The van der Waals surface area contributed by atoms with Gasteiger partial charge in [-0.15, -0.1) is 0 Å². The Labute approximate surface area is 225 Å². The van der Waals surface area contributed by atoms with Crippen molar-refractivity contribution >= 4 is 11.7 Å². The van der Waals surface area contributed by atoms with Crippen LogP contribution in [0.25, 0.3) is 0 Å².